The third kappa shape index (κ3) is 3.21. The molecule has 0 radical (unpaired) electrons. The van der Waals surface area contributed by atoms with Gasteiger partial charge >= 0.3 is 0 Å². The standard InChI is InChI=1S/C14H12Cl2N2O2/c1-20-13-4-2-3-11(15)10(13)7-18-14(19)9-5-6-17-8-12(9)16/h2-6,8H,7H2,1H3,(H,18,19). The molecule has 0 bridgehead atoms. The van der Waals surface area contributed by atoms with E-state index in [0.717, 1.165) is 5.56 Å². The Kier molecular flexibility index (Phi) is 4.82. The van der Waals surface area contributed by atoms with Crippen molar-refractivity contribution in [1.82, 2.24) is 10.3 Å². The molecule has 104 valence electrons. The van der Waals surface area contributed by atoms with Crippen molar-refractivity contribution < 1.29 is 9.53 Å². The van der Waals surface area contributed by atoms with Gasteiger partial charge in [0, 0.05) is 29.5 Å². The highest BCUT2D eigenvalue weighted by atomic mass is 35.5. The van der Waals surface area contributed by atoms with E-state index in [-0.39, 0.29) is 12.5 Å². The van der Waals surface area contributed by atoms with Gasteiger partial charge in [-0.25, -0.2) is 0 Å². The van der Waals surface area contributed by atoms with E-state index in [4.69, 9.17) is 27.9 Å². The van der Waals surface area contributed by atoms with E-state index in [0.29, 0.717) is 21.4 Å². The topological polar surface area (TPSA) is 51.2 Å². The van der Waals surface area contributed by atoms with Crippen LogP contribution in [0.1, 0.15) is 15.9 Å². The smallest absolute Gasteiger partial charge is 0.253 e. The second-order valence-corrected chi connectivity index (χ2v) is 4.77. The maximum Gasteiger partial charge on any atom is 0.253 e. The van der Waals surface area contributed by atoms with Crippen molar-refractivity contribution in [2.45, 2.75) is 6.54 Å². The minimum atomic E-state index is -0.292. The first-order valence-corrected chi connectivity index (χ1v) is 6.58. The minimum absolute atomic E-state index is 0.250. The average molecular weight is 311 g/mol. The molecule has 0 aliphatic heterocycles. The fourth-order valence-corrected chi connectivity index (χ4v) is 2.16. The summed E-state index contributed by atoms with van der Waals surface area (Å²) in [6.45, 7) is 0.250. The molecule has 1 heterocycles. The zero-order chi connectivity index (χ0) is 14.5. The fraction of sp³-hybridized carbons (Fsp3) is 0.143. The number of rotatable bonds is 4. The van der Waals surface area contributed by atoms with Gasteiger partial charge in [-0.05, 0) is 18.2 Å². The molecule has 0 aliphatic rings. The summed E-state index contributed by atoms with van der Waals surface area (Å²) in [5, 5.41) is 3.59. The number of pyridine rings is 1. The van der Waals surface area contributed by atoms with E-state index in [2.05, 4.69) is 10.3 Å². The Labute approximate surface area is 126 Å². The first-order chi connectivity index (χ1) is 9.63. The van der Waals surface area contributed by atoms with Crippen LogP contribution in [-0.2, 0) is 6.54 Å². The molecule has 0 atom stereocenters. The number of aromatic nitrogens is 1. The zero-order valence-electron chi connectivity index (χ0n) is 10.7. The number of nitrogens with one attached hydrogen (secondary N) is 1. The van der Waals surface area contributed by atoms with Crippen molar-refractivity contribution in [1.29, 1.82) is 0 Å². The van der Waals surface area contributed by atoms with Crippen molar-refractivity contribution in [3.63, 3.8) is 0 Å². The van der Waals surface area contributed by atoms with Crippen LogP contribution in [0.25, 0.3) is 0 Å². The van der Waals surface area contributed by atoms with Crippen molar-refractivity contribution in [2.24, 2.45) is 0 Å². The summed E-state index contributed by atoms with van der Waals surface area (Å²) in [5.41, 5.74) is 1.09. The highest BCUT2D eigenvalue weighted by Gasteiger charge is 2.12. The number of nitrogens with zero attached hydrogens (tertiary/aromatic N) is 1. The summed E-state index contributed by atoms with van der Waals surface area (Å²) in [6.07, 6.45) is 2.93. The minimum Gasteiger partial charge on any atom is -0.496 e. The molecule has 20 heavy (non-hydrogen) atoms. The molecule has 1 amide bonds. The lowest BCUT2D eigenvalue weighted by Crippen LogP contribution is -2.23. The number of hydrogen-bond acceptors (Lipinski definition) is 3. The van der Waals surface area contributed by atoms with Crippen LogP contribution in [0.4, 0.5) is 0 Å². The molecule has 0 saturated heterocycles. The SMILES string of the molecule is COc1cccc(Cl)c1CNC(=O)c1ccncc1Cl. The third-order valence-electron chi connectivity index (χ3n) is 2.74. The second kappa shape index (κ2) is 6.59. The largest absolute Gasteiger partial charge is 0.496 e. The van der Waals surface area contributed by atoms with Crippen LogP contribution in [0.3, 0.4) is 0 Å². The molecule has 0 unspecified atom stereocenters. The van der Waals surface area contributed by atoms with Crippen LogP contribution >= 0.6 is 23.2 Å². The molecule has 2 aromatic rings. The first kappa shape index (κ1) is 14.6. The summed E-state index contributed by atoms with van der Waals surface area (Å²) in [4.78, 5) is 15.9. The molecular formula is C14H12Cl2N2O2. The lowest BCUT2D eigenvalue weighted by atomic mass is 10.2. The Morgan fingerprint density at radius 2 is 2.10 bits per heavy atom. The van der Waals surface area contributed by atoms with Crippen molar-refractivity contribution in [3.05, 3.63) is 57.8 Å². The highest BCUT2D eigenvalue weighted by molar-refractivity contribution is 6.33. The zero-order valence-corrected chi connectivity index (χ0v) is 12.2. The predicted molar refractivity (Wildman–Crippen MR) is 78.4 cm³/mol. The number of carbonyl (C=O) groups excluding carboxylic acids is 1. The summed E-state index contributed by atoms with van der Waals surface area (Å²) in [7, 11) is 1.55. The molecule has 4 nitrogen and oxygen atoms in total. The van der Waals surface area contributed by atoms with Crippen molar-refractivity contribution in [2.75, 3.05) is 7.11 Å². The first-order valence-electron chi connectivity index (χ1n) is 5.82. The number of ether oxygens (including phenoxy) is 1. The van der Waals surface area contributed by atoms with Gasteiger partial charge in [-0.2, -0.15) is 0 Å². The molecule has 0 saturated carbocycles. The molecule has 1 N–H and O–H groups in total. The van der Waals surface area contributed by atoms with Crippen LogP contribution in [0.2, 0.25) is 10.0 Å². The number of hydrogen-bond donors (Lipinski definition) is 1. The van der Waals surface area contributed by atoms with E-state index in [1.165, 1.54) is 12.4 Å². The van der Waals surface area contributed by atoms with Crippen LogP contribution in [0, 0.1) is 0 Å². The van der Waals surface area contributed by atoms with Gasteiger partial charge in [-0.15, -0.1) is 0 Å². The number of methoxy groups -OCH3 is 1. The molecule has 1 aromatic carbocycles. The second-order valence-electron chi connectivity index (χ2n) is 3.96. The summed E-state index contributed by atoms with van der Waals surface area (Å²) in [5.74, 6) is 0.331. The van der Waals surface area contributed by atoms with E-state index >= 15 is 0 Å². The maximum absolute atomic E-state index is 12.0. The Bertz CT molecular complexity index is 632. The van der Waals surface area contributed by atoms with Gasteiger partial charge in [0.25, 0.3) is 5.91 Å². The summed E-state index contributed by atoms with van der Waals surface area (Å²) >= 11 is 12.0. The van der Waals surface area contributed by atoms with Gasteiger partial charge in [0.15, 0.2) is 0 Å². The van der Waals surface area contributed by atoms with Crippen molar-refractivity contribution >= 4 is 29.1 Å². The van der Waals surface area contributed by atoms with Gasteiger partial charge in [0.05, 0.1) is 17.7 Å². The fourth-order valence-electron chi connectivity index (χ4n) is 1.72. The predicted octanol–water partition coefficient (Wildman–Crippen LogP) is 3.33. The number of benzene rings is 1. The Morgan fingerprint density at radius 3 is 2.80 bits per heavy atom. The molecule has 2 rings (SSSR count). The molecule has 0 spiro atoms. The normalized spacial score (nSPS) is 10.2. The number of amides is 1. The van der Waals surface area contributed by atoms with Crippen molar-refractivity contribution in [3.8, 4) is 5.75 Å². The Morgan fingerprint density at radius 1 is 1.30 bits per heavy atom. The lowest BCUT2D eigenvalue weighted by molar-refractivity contribution is 0.0951. The van der Waals surface area contributed by atoms with E-state index in [1.807, 2.05) is 0 Å². The monoisotopic (exact) mass is 310 g/mol. The molecular weight excluding hydrogens is 299 g/mol. The quantitative estimate of drug-likeness (QED) is 0.942. The van der Waals surface area contributed by atoms with Gasteiger partial charge in [0.1, 0.15) is 5.75 Å². The Balaban J connectivity index is 2.14. The van der Waals surface area contributed by atoms with Crippen LogP contribution in [0.15, 0.2) is 36.7 Å². The van der Waals surface area contributed by atoms with Crippen LogP contribution in [0.5, 0.6) is 5.75 Å². The summed E-state index contributed by atoms with van der Waals surface area (Å²) < 4.78 is 5.22. The van der Waals surface area contributed by atoms with Gasteiger partial charge in [0.2, 0.25) is 0 Å². The average Bonchev–Trinajstić information content (AvgIpc) is 2.46. The van der Waals surface area contributed by atoms with E-state index < -0.39 is 0 Å². The van der Waals surface area contributed by atoms with Crippen LogP contribution in [-0.4, -0.2) is 18.0 Å². The summed E-state index contributed by atoms with van der Waals surface area (Å²) in [6, 6.07) is 6.87. The van der Waals surface area contributed by atoms with Crippen LogP contribution < -0.4 is 10.1 Å². The molecule has 6 heteroatoms. The van der Waals surface area contributed by atoms with Gasteiger partial charge < -0.3 is 10.1 Å². The molecule has 1 aromatic heterocycles. The van der Waals surface area contributed by atoms with Gasteiger partial charge in [-0.3, -0.25) is 9.78 Å². The van der Waals surface area contributed by atoms with E-state index in [9.17, 15) is 4.79 Å². The lowest BCUT2D eigenvalue weighted by Gasteiger charge is -2.11. The maximum atomic E-state index is 12.0. The molecule has 0 aliphatic carbocycles. The molecule has 0 fully saturated rings. The number of carbonyl (C=O) groups is 1. The highest BCUT2D eigenvalue weighted by Crippen LogP contribution is 2.26. The van der Waals surface area contributed by atoms with E-state index in [1.54, 1.807) is 31.4 Å². The Hall–Kier alpha value is -1.78. The number of halogens is 2. The third-order valence-corrected chi connectivity index (χ3v) is 3.39. The van der Waals surface area contributed by atoms with Gasteiger partial charge in [-0.1, -0.05) is 29.3 Å².